The number of aliphatic carboxylic acids is 1. The van der Waals surface area contributed by atoms with Gasteiger partial charge in [0.1, 0.15) is 5.82 Å². The molecule has 0 spiro atoms. The predicted molar refractivity (Wildman–Crippen MR) is 145 cm³/mol. The van der Waals surface area contributed by atoms with Gasteiger partial charge in [0, 0.05) is 23.1 Å². The first kappa shape index (κ1) is 25.8. The highest BCUT2D eigenvalue weighted by Crippen LogP contribution is 2.31. The molecule has 38 heavy (non-hydrogen) atoms. The van der Waals surface area contributed by atoms with E-state index in [4.69, 9.17) is 26.7 Å². The van der Waals surface area contributed by atoms with Crippen molar-refractivity contribution in [2.75, 3.05) is 0 Å². The third kappa shape index (κ3) is 5.68. The maximum Gasteiger partial charge on any atom is 0.303 e. The van der Waals surface area contributed by atoms with Gasteiger partial charge in [-0.3, -0.25) is 9.59 Å². The van der Waals surface area contributed by atoms with Crippen LogP contribution >= 0.6 is 11.6 Å². The van der Waals surface area contributed by atoms with Gasteiger partial charge in [0.15, 0.2) is 0 Å². The van der Waals surface area contributed by atoms with Gasteiger partial charge < -0.3 is 10.4 Å². The van der Waals surface area contributed by atoms with Crippen LogP contribution in [0.1, 0.15) is 65.3 Å². The Hall–Kier alpha value is -3.84. The summed E-state index contributed by atoms with van der Waals surface area (Å²) in [5.41, 5.74) is 4.96. The number of nitrogens with zero attached hydrogens (tertiary/aromatic N) is 2. The summed E-state index contributed by atoms with van der Waals surface area (Å²) in [7, 11) is 0. The number of nitrogens with one attached hydrogen (secondary N) is 1. The van der Waals surface area contributed by atoms with Gasteiger partial charge in [-0.15, -0.1) is 0 Å². The summed E-state index contributed by atoms with van der Waals surface area (Å²) in [6, 6.07) is 17.7. The largest absolute Gasteiger partial charge is 0.481 e. The summed E-state index contributed by atoms with van der Waals surface area (Å²) in [5.74, 6) is -2.00. The van der Waals surface area contributed by atoms with Crippen molar-refractivity contribution in [2.45, 2.75) is 51.0 Å². The van der Waals surface area contributed by atoms with Crippen LogP contribution < -0.4 is 5.32 Å². The molecule has 6 nitrogen and oxygen atoms in total. The van der Waals surface area contributed by atoms with Crippen molar-refractivity contribution in [2.24, 2.45) is 0 Å². The fourth-order valence-electron chi connectivity index (χ4n) is 5.01. The number of rotatable bonds is 8. The molecule has 5 rings (SSSR count). The van der Waals surface area contributed by atoms with Crippen LogP contribution in [0.3, 0.4) is 0 Å². The van der Waals surface area contributed by atoms with Crippen molar-refractivity contribution in [3.05, 3.63) is 93.9 Å². The van der Waals surface area contributed by atoms with Gasteiger partial charge >= 0.3 is 5.97 Å². The van der Waals surface area contributed by atoms with Crippen LogP contribution in [0.2, 0.25) is 5.02 Å². The van der Waals surface area contributed by atoms with Gasteiger partial charge in [0.25, 0.3) is 5.91 Å². The zero-order valence-electron chi connectivity index (χ0n) is 20.7. The third-order valence-corrected chi connectivity index (χ3v) is 7.17. The Labute approximate surface area is 224 Å². The molecule has 1 atom stereocenters. The lowest BCUT2D eigenvalue weighted by atomic mass is 9.87. The van der Waals surface area contributed by atoms with Crippen molar-refractivity contribution < 1.29 is 19.1 Å². The minimum absolute atomic E-state index is 0.0666. The second-order valence-corrected chi connectivity index (χ2v) is 10.0. The van der Waals surface area contributed by atoms with Gasteiger partial charge in [-0.1, -0.05) is 48.0 Å². The number of carboxylic acids is 1. The van der Waals surface area contributed by atoms with Crippen molar-refractivity contribution in [3.63, 3.8) is 0 Å². The number of hydrogen-bond acceptors (Lipinski definition) is 4. The van der Waals surface area contributed by atoms with E-state index >= 15 is 4.39 Å². The average molecular weight is 532 g/mol. The highest BCUT2D eigenvalue weighted by Gasteiger charge is 2.24. The normalized spacial score (nSPS) is 14.7. The fourth-order valence-corrected chi connectivity index (χ4v) is 5.14. The molecule has 1 aliphatic carbocycles. The molecule has 0 saturated heterocycles. The number of hydrogen-bond donors (Lipinski definition) is 2. The predicted octanol–water partition coefficient (Wildman–Crippen LogP) is 6.69. The van der Waals surface area contributed by atoms with Gasteiger partial charge in [-0.2, -0.15) is 0 Å². The minimum Gasteiger partial charge on any atom is -0.481 e. The Bertz CT molecular complexity index is 1510. The van der Waals surface area contributed by atoms with Gasteiger partial charge in [-0.25, -0.2) is 14.4 Å². The molecule has 0 saturated carbocycles. The molecule has 0 radical (unpaired) electrons. The Morgan fingerprint density at radius 3 is 2.58 bits per heavy atom. The summed E-state index contributed by atoms with van der Waals surface area (Å²) < 4.78 is 15.2. The number of benzene rings is 3. The van der Waals surface area contributed by atoms with Gasteiger partial charge in [-0.05, 0) is 67.9 Å². The number of carbonyl (C=O) groups is 2. The Balaban J connectivity index is 1.47. The topological polar surface area (TPSA) is 92.2 Å². The van der Waals surface area contributed by atoms with Crippen LogP contribution in [0.5, 0.6) is 0 Å². The average Bonchev–Trinajstić information content (AvgIpc) is 2.91. The molecule has 0 bridgehead atoms. The second kappa shape index (κ2) is 11.3. The number of halogens is 2. The lowest BCUT2D eigenvalue weighted by Gasteiger charge is -2.26. The number of carboxylic acid groups (broad SMARTS) is 1. The molecule has 0 aliphatic heterocycles. The van der Waals surface area contributed by atoms with E-state index in [9.17, 15) is 9.59 Å². The van der Waals surface area contributed by atoms with Crippen LogP contribution in [-0.4, -0.2) is 27.0 Å². The monoisotopic (exact) mass is 531 g/mol. The van der Waals surface area contributed by atoms with E-state index in [0.29, 0.717) is 46.7 Å². The summed E-state index contributed by atoms with van der Waals surface area (Å²) in [6.45, 7) is 0. The third-order valence-electron chi connectivity index (χ3n) is 6.92. The van der Waals surface area contributed by atoms with Crippen molar-refractivity contribution in [1.82, 2.24) is 15.3 Å². The first-order valence-electron chi connectivity index (χ1n) is 12.8. The molecule has 4 aromatic rings. The highest BCUT2D eigenvalue weighted by molar-refractivity contribution is 6.30. The van der Waals surface area contributed by atoms with Crippen molar-refractivity contribution in [1.29, 1.82) is 0 Å². The number of unbranched alkanes of at least 4 members (excludes halogenated alkanes) is 1. The van der Waals surface area contributed by atoms with Gasteiger partial charge in [0.05, 0.1) is 34.0 Å². The lowest BCUT2D eigenvalue weighted by Crippen LogP contribution is -2.31. The summed E-state index contributed by atoms with van der Waals surface area (Å²) >= 11 is 6.05. The summed E-state index contributed by atoms with van der Waals surface area (Å²) in [6.07, 6.45) is 4.36. The van der Waals surface area contributed by atoms with E-state index in [-0.39, 0.29) is 18.0 Å². The van der Waals surface area contributed by atoms with E-state index < -0.39 is 17.7 Å². The molecule has 3 aromatic carbocycles. The molecule has 1 aromatic heterocycles. The molecule has 194 valence electrons. The first-order valence-corrected chi connectivity index (χ1v) is 13.1. The maximum atomic E-state index is 15.2. The van der Waals surface area contributed by atoms with Crippen LogP contribution in [0.4, 0.5) is 4.39 Å². The Kier molecular flexibility index (Phi) is 7.65. The van der Waals surface area contributed by atoms with Gasteiger partial charge in [0.2, 0.25) is 0 Å². The Morgan fingerprint density at radius 1 is 1.03 bits per heavy atom. The molecule has 1 aliphatic rings. The molecule has 1 amide bonds. The van der Waals surface area contributed by atoms with E-state index in [1.165, 1.54) is 17.7 Å². The zero-order valence-corrected chi connectivity index (χ0v) is 21.5. The molecule has 1 unspecified atom stereocenters. The summed E-state index contributed by atoms with van der Waals surface area (Å²) in [4.78, 5) is 33.6. The SMILES string of the molecule is O=C(O)CCCCc1nc2cc(C(=O)NC3CCCc4ccccc43)c(F)cc2nc1-c1ccc(Cl)cc1. The van der Waals surface area contributed by atoms with E-state index in [2.05, 4.69) is 11.4 Å². The van der Waals surface area contributed by atoms with Crippen molar-refractivity contribution in [3.8, 4) is 11.3 Å². The van der Waals surface area contributed by atoms with Crippen LogP contribution in [-0.2, 0) is 17.6 Å². The van der Waals surface area contributed by atoms with Crippen LogP contribution in [0, 0.1) is 5.82 Å². The molecule has 8 heteroatoms. The molecular weight excluding hydrogens is 505 g/mol. The molecule has 2 N–H and O–H groups in total. The standard InChI is InChI=1S/C30H27ClFN3O3/c31-20-14-12-19(13-15-20)29-25(9-3-4-11-28(36)37)33-26-16-22(23(32)17-27(26)34-29)30(38)35-24-10-5-7-18-6-1-2-8-21(18)24/h1-2,6,8,12-17,24H,3-5,7,9-11H2,(H,35,38)(H,36,37). The Morgan fingerprint density at radius 2 is 1.79 bits per heavy atom. The maximum absolute atomic E-state index is 15.2. The summed E-state index contributed by atoms with van der Waals surface area (Å²) in [5, 5.41) is 12.6. The van der Waals surface area contributed by atoms with Crippen LogP contribution in [0.25, 0.3) is 22.3 Å². The number of aryl methyl sites for hydroxylation is 2. The van der Waals surface area contributed by atoms with E-state index in [0.717, 1.165) is 30.4 Å². The second-order valence-electron chi connectivity index (χ2n) is 9.56. The van der Waals surface area contributed by atoms with E-state index in [1.807, 2.05) is 30.3 Å². The minimum atomic E-state index is -0.848. The molecule has 0 fully saturated rings. The van der Waals surface area contributed by atoms with E-state index in [1.54, 1.807) is 12.1 Å². The number of carbonyl (C=O) groups excluding carboxylic acids is 1. The number of amides is 1. The quantitative estimate of drug-likeness (QED) is 0.247. The van der Waals surface area contributed by atoms with Crippen LogP contribution in [0.15, 0.2) is 60.7 Å². The highest BCUT2D eigenvalue weighted by atomic mass is 35.5. The molecule has 1 heterocycles. The zero-order chi connectivity index (χ0) is 26.6. The molecular formula is C30H27ClFN3O3. The fraction of sp³-hybridized carbons (Fsp3) is 0.267. The lowest BCUT2D eigenvalue weighted by molar-refractivity contribution is -0.137. The number of aromatic nitrogens is 2. The smallest absolute Gasteiger partial charge is 0.303 e. The first-order chi connectivity index (χ1) is 18.4. The number of fused-ring (bicyclic) bond motifs is 2. The van der Waals surface area contributed by atoms with Crippen molar-refractivity contribution >= 4 is 34.5 Å².